The number of hydrogen-bond acceptors (Lipinski definition) is 4. The van der Waals surface area contributed by atoms with Gasteiger partial charge >= 0.3 is 18.6 Å². The summed E-state index contributed by atoms with van der Waals surface area (Å²) in [5, 5.41) is 0. The first-order chi connectivity index (χ1) is 20.2. The summed E-state index contributed by atoms with van der Waals surface area (Å²) in [7, 11) is 0. The Morgan fingerprint density at radius 3 is 1.95 bits per heavy atom. The van der Waals surface area contributed by atoms with Crippen LogP contribution in [0.25, 0.3) is 11.1 Å². The van der Waals surface area contributed by atoms with Crippen LogP contribution in [0.3, 0.4) is 0 Å². The zero-order valence-electron chi connectivity index (χ0n) is 23.1. The van der Waals surface area contributed by atoms with E-state index < -0.39 is 48.0 Å². The number of allylic oxidation sites excluding steroid dienone is 2. The first kappa shape index (κ1) is 33.1. The Bertz CT molecular complexity index is 1210. The fourth-order valence-electron chi connectivity index (χ4n) is 5.39. The lowest BCUT2D eigenvalue weighted by Crippen LogP contribution is -2.42. The van der Waals surface area contributed by atoms with E-state index in [2.05, 4.69) is 10.8 Å². The Balaban J connectivity index is 1.32. The highest BCUT2D eigenvalue weighted by atomic mass is 19.4. The molecule has 2 aromatic carbocycles. The van der Waals surface area contributed by atoms with Gasteiger partial charge in [-0.15, -0.1) is 13.2 Å². The smallest absolute Gasteiger partial charge is 0.432 e. The third-order valence-corrected chi connectivity index (χ3v) is 7.62. The maximum Gasteiger partial charge on any atom is 0.527 e. The summed E-state index contributed by atoms with van der Waals surface area (Å²) in [6.07, 6.45) is -7.86. The van der Waals surface area contributed by atoms with Crippen molar-refractivity contribution in [2.45, 2.75) is 70.3 Å². The molecule has 0 unspecified atom stereocenters. The van der Waals surface area contributed by atoms with Gasteiger partial charge in [-0.05, 0) is 80.8 Å². The number of rotatable bonds is 10. The van der Waals surface area contributed by atoms with Gasteiger partial charge in [0.2, 0.25) is 0 Å². The van der Waals surface area contributed by atoms with E-state index in [1.54, 1.807) is 0 Å². The SMILES string of the molecule is CC=CCCC1COC(C2CCC(C(F)(F)Oc3ccc(-c4cc(F)c(C(F)(F)OC(F)(F)F)c(F)c4)cc3)CC2)OC1. The van der Waals surface area contributed by atoms with E-state index in [1.807, 2.05) is 13.0 Å². The highest BCUT2D eigenvalue weighted by Crippen LogP contribution is 2.43. The fraction of sp³-hybridized carbons (Fsp3) is 0.533. The summed E-state index contributed by atoms with van der Waals surface area (Å²) in [6, 6.07) is 5.30. The fourth-order valence-corrected chi connectivity index (χ4v) is 5.39. The molecule has 1 heterocycles. The summed E-state index contributed by atoms with van der Waals surface area (Å²) >= 11 is 0. The molecule has 238 valence electrons. The van der Waals surface area contributed by atoms with Gasteiger partial charge in [-0.3, -0.25) is 0 Å². The summed E-state index contributed by atoms with van der Waals surface area (Å²) in [4.78, 5) is 0. The van der Waals surface area contributed by atoms with Crippen LogP contribution >= 0.6 is 0 Å². The lowest BCUT2D eigenvalue weighted by Gasteiger charge is -2.39. The predicted octanol–water partition coefficient (Wildman–Crippen LogP) is 9.34. The van der Waals surface area contributed by atoms with Crippen molar-refractivity contribution in [2.75, 3.05) is 13.2 Å². The largest absolute Gasteiger partial charge is 0.527 e. The van der Waals surface area contributed by atoms with Gasteiger partial charge in [-0.25, -0.2) is 13.5 Å². The standard InChI is InChI=1S/C30H31F9O4/c1-2-3-4-5-18-16-40-27(41-17-18)20-6-10-22(11-7-20)28(33,34)42-23-12-8-19(9-13-23)21-14-24(31)26(25(32)15-21)29(35,36)43-30(37,38)39/h2-3,8-9,12-15,18,20,22,27H,4-7,10-11,16-17H2,1H3. The van der Waals surface area contributed by atoms with Crippen molar-refractivity contribution in [2.24, 2.45) is 17.8 Å². The van der Waals surface area contributed by atoms with Crippen molar-refractivity contribution in [1.82, 2.24) is 0 Å². The van der Waals surface area contributed by atoms with Gasteiger partial charge in [0, 0.05) is 11.8 Å². The summed E-state index contributed by atoms with van der Waals surface area (Å²) in [5.74, 6) is -5.00. The van der Waals surface area contributed by atoms with Gasteiger partial charge in [-0.1, -0.05) is 24.3 Å². The number of ether oxygens (including phenoxy) is 4. The van der Waals surface area contributed by atoms with E-state index in [-0.39, 0.29) is 35.6 Å². The number of benzene rings is 2. The lowest BCUT2D eigenvalue weighted by atomic mass is 9.80. The molecule has 2 fully saturated rings. The summed E-state index contributed by atoms with van der Waals surface area (Å²) in [6.45, 7) is 3.10. The van der Waals surface area contributed by atoms with Crippen LogP contribution in [0.1, 0.15) is 51.0 Å². The molecule has 0 amide bonds. The van der Waals surface area contributed by atoms with E-state index >= 15 is 8.78 Å². The van der Waals surface area contributed by atoms with Crippen LogP contribution in [-0.2, 0) is 20.3 Å². The third kappa shape index (κ3) is 8.66. The molecule has 4 rings (SSSR count). The molecular formula is C30H31F9O4. The maximum atomic E-state index is 15.0. The van der Waals surface area contributed by atoms with Crippen LogP contribution in [0, 0.1) is 29.4 Å². The quantitative estimate of drug-likeness (QED) is 0.195. The minimum absolute atomic E-state index is 0.00465. The van der Waals surface area contributed by atoms with E-state index in [4.69, 9.17) is 14.2 Å². The predicted molar refractivity (Wildman–Crippen MR) is 137 cm³/mol. The van der Waals surface area contributed by atoms with Crippen LogP contribution in [0.2, 0.25) is 0 Å². The molecule has 0 spiro atoms. The number of hydrogen-bond donors (Lipinski definition) is 0. The molecule has 0 aromatic heterocycles. The molecule has 1 saturated carbocycles. The van der Waals surface area contributed by atoms with Crippen molar-refractivity contribution in [3.8, 4) is 16.9 Å². The Morgan fingerprint density at radius 2 is 1.42 bits per heavy atom. The van der Waals surface area contributed by atoms with Crippen LogP contribution in [0.4, 0.5) is 39.5 Å². The van der Waals surface area contributed by atoms with E-state index in [0.29, 0.717) is 44.1 Å². The zero-order valence-corrected chi connectivity index (χ0v) is 23.1. The van der Waals surface area contributed by atoms with Gasteiger partial charge in [0.1, 0.15) is 22.9 Å². The van der Waals surface area contributed by atoms with Crippen molar-refractivity contribution in [1.29, 1.82) is 0 Å². The first-order valence-corrected chi connectivity index (χ1v) is 13.8. The van der Waals surface area contributed by atoms with Crippen molar-refractivity contribution in [3.05, 3.63) is 65.7 Å². The molecule has 1 aliphatic carbocycles. The molecule has 0 atom stereocenters. The minimum atomic E-state index is -5.85. The van der Waals surface area contributed by atoms with Gasteiger partial charge in [0.05, 0.1) is 19.1 Å². The van der Waals surface area contributed by atoms with Gasteiger partial charge in [-0.2, -0.15) is 17.6 Å². The Morgan fingerprint density at radius 1 is 0.837 bits per heavy atom. The second kappa shape index (κ2) is 13.5. The van der Waals surface area contributed by atoms with E-state index in [9.17, 15) is 30.7 Å². The van der Waals surface area contributed by atoms with Crippen LogP contribution in [0.15, 0.2) is 48.6 Å². The van der Waals surface area contributed by atoms with Gasteiger partial charge in [0.25, 0.3) is 0 Å². The average Bonchev–Trinajstić information content (AvgIpc) is 2.92. The maximum absolute atomic E-state index is 15.0. The summed E-state index contributed by atoms with van der Waals surface area (Å²) < 4.78 is 142. The molecule has 2 aliphatic rings. The second-order valence-electron chi connectivity index (χ2n) is 10.7. The molecule has 13 heteroatoms. The number of halogens is 9. The Labute approximate surface area is 242 Å². The number of alkyl halides is 7. The van der Waals surface area contributed by atoms with Crippen molar-refractivity contribution < 1.29 is 58.5 Å². The normalized spacial score (nSPS) is 24.0. The van der Waals surface area contributed by atoms with Gasteiger partial charge < -0.3 is 14.2 Å². The average molecular weight is 627 g/mol. The van der Waals surface area contributed by atoms with Crippen molar-refractivity contribution >= 4 is 0 Å². The highest BCUT2D eigenvalue weighted by molar-refractivity contribution is 5.65. The summed E-state index contributed by atoms with van der Waals surface area (Å²) in [5.41, 5.74) is -2.53. The molecule has 1 saturated heterocycles. The monoisotopic (exact) mass is 626 g/mol. The third-order valence-electron chi connectivity index (χ3n) is 7.62. The Kier molecular flexibility index (Phi) is 10.4. The zero-order chi connectivity index (χ0) is 31.4. The molecular weight excluding hydrogens is 595 g/mol. The second-order valence-corrected chi connectivity index (χ2v) is 10.7. The highest BCUT2D eigenvalue weighted by Gasteiger charge is 2.50. The molecule has 0 bridgehead atoms. The van der Waals surface area contributed by atoms with Crippen LogP contribution in [0.5, 0.6) is 5.75 Å². The topological polar surface area (TPSA) is 36.9 Å². The molecule has 0 radical (unpaired) electrons. The van der Waals surface area contributed by atoms with Crippen molar-refractivity contribution in [3.63, 3.8) is 0 Å². The molecule has 4 nitrogen and oxygen atoms in total. The van der Waals surface area contributed by atoms with Crippen LogP contribution in [-0.4, -0.2) is 32.0 Å². The molecule has 2 aromatic rings. The van der Waals surface area contributed by atoms with E-state index in [0.717, 1.165) is 37.1 Å². The molecule has 0 N–H and O–H groups in total. The minimum Gasteiger partial charge on any atom is -0.432 e. The van der Waals surface area contributed by atoms with Gasteiger partial charge in [0.15, 0.2) is 6.29 Å². The first-order valence-electron chi connectivity index (χ1n) is 13.8. The lowest BCUT2D eigenvalue weighted by molar-refractivity contribution is -0.432. The molecule has 43 heavy (non-hydrogen) atoms. The molecule has 1 aliphatic heterocycles. The Hall–Kier alpha value is -2.77. The van der Waals surface area contributed by atoms with Crippen LogP contribution < -0.4 is 4.74 Å². The van der Waals surface area contributed by atoms with E-state index in [1.165, 1.54) is 0 Å².